The highest BCUT2D eigenvalue weighted by Gasteiger charge is 2.25. The molecule has 0 aliphatic rings. The molecule has 2 N–H and O–H groups in total. The average molecular weight is 257 g/mol. The van der Waals surface area contributed by atoms with Crippen LogP contribution in [-0.2, 0) is 10.0 Å². The molecule has 0 bridgehead atoms. The minimum Gasteiger partial charge on any atom is -0.490 e. The number of nitriles is 1. The Hall–Kier alpha value is -2.18. The SMILES string of the molecule is COc1cc(S(N)(=O)=O)cc(C#N)c1[N+](=O)[O-]. The van der Waals surface area contributed by atoms with Crippen LogP contribution in [-0.4, -0.2) is 20.5 Å². The van der Waals surface area contributed by atoms with Gasteiger partial charge in [-0.2, -0.15) is 5.26 Å². The first-order valence-electron chi connectivity index (χ1n) is 4.10. The van der Waals surface area contributed by atoms with Crippen molar-refractivity contribution in [3.05, 3.63) is 27.8 Å². The van der Waals surface area contributed by atoms with E-state index in [9.17, 15) is 18.5 Å². The normalized spacial score (nSPS) is 10.6. The molecule has 0 radical (unpaired) electrons. The van der Waals surface area contributed by atoms with Crippen molar-refractivity contribution < 1.29 is 18.1 Å². The maximum atomic E-state index is 11.1. The first kappa shape index (κ1) is 12.9. The van der Waals surface area contributed by atoms with Crippen molar-refractivity contribution in [2.24, 2.45) is 5.14 Å². The topological polar surface area (TPSA) is 136 Å². The van der Waals surface area contributed by atoms with Crippen LogP contribution in [0.25, 0.3) is 0 Å². The van der Waals surface area contributed by atoms with Crippen molar-refractivity contribution in [2.75, 3.05) is 7.11 Å². The Balaban J connectivity index is 3.69. The number of hydrogen-bond donors (Lipinski definition) is 1. The molecule has 0 heterocycles. The Labute approximate surface area is 96.4 Å². The number of ether oxygens (including phenoxy) is 1. The lowest BCUT2D eigenvalue weighted by atomic mass is 10.2. The number of benzene rings is 1. The number of nitrogens with two attached hydrogens (primary N) is 1. The molecule has 0 aliphatic heterocycles. The smallest absolute Gasteiger partial charge is 0.328 e. The van der Waals surface area contributed by atoms with E-state index in [1.165, 1.54) is 6.07 Å². The summed E-state index contributed by atoms with van der Waals surface area (Å²) in [7, 11) is -2.94. The molecule has 0 saturated heterocycles. The number of nitro groups is 1. The number of nitrogens with zero attached hydrogens (tertiary/aromatic N) is 2. The average Bonchev–Trinajstić information content (AvgIpc) is 2.25. The summed E-state index contributed by atoms with van der Waals surface area (Å²) in [5, 5.41) is 24.3. The van der Waals surface area contributed by atoms with Crippen LogP contribution < -0.4 is 9.88 Å². The van der Waals surface area contributed by atoms with Crippen molar-refractivity contribution in [1.29, 1.82) is 5.26 Å². The van der Waals surface area contributed by atoms with Gasteiger partial charge in [-0.3, -0.25) is 10.1 Å². The van der Waals surface area contributed by atoms with E-state index in [0.717, 1.165) is 19.2 Å². The lowest BCUT2D eigenvalue weighted by Gasteiger charge is -2.05. The van der Waals surface area contributed by atoms with Gasteiger partial charge in [-0.15, -0.1) is 0 Å². The zero-order chi connectivity index (χ0) is 13.2. The fourth-order valence-electron chi connectivity index (χ4n) is 1.18. The number of methoxy groups -OCH3 is 1. The van der Waals surface area contributed by atoms with Crippen LogP contribution in [0.15, 0.2) is 17.0 Å². The first-order valence-corrected chi connectivity index (χ1v) is 5.65. The van der Waals surface area contributed by atoms with Gasteiger partial charge >= 0.3 is 5.69 Å². The molecule has 0 saturated carbocycles. The zero-order valence-corrected chi connectivity index (χ0v) is 9.39. The molecule has 8 nitrogen and oxygen atoms in total. The van der Waals surface area contributed by atoms with Crippen molar-refractivity contribution >= 4 is 15.7 Å². The van der Waals surface area contributed by atoms with Crippen LogP contribution in [0.1, 0.15) is 5.56 Å². The Bertz CT molecular complexity index is 617. The van der Waals surface area contributed by atoms with Crippen LogP contribution in [0.4, 0.5) is 5.69 Å². The third kappa shape index (κ3) is 2.49. The standard InChI is InChI=1S/C8H7N3O5S/c1-16-7-3-6(17(10,14)15)2-5(4-9)8(7)11(12)13/h2-3H,1H3,(H2,10,14,15). The summed E-state index contributed by atoms with van der Waals surface area (Å²) in [5.41, 5.74) is -1.03. The monoisotopic (exact) mass is 257 g/mol. The third-order valence-corrected chi connectivity index (χ3v) is 2.79. The number of nitro benzene ring substituents is 1. The maximum Gasteiger partial charge on any atom is 0.328 e. The van der Waals surface area contributed by atoms with Crippen molar-refractivity contribution in [3.8, 4) is 11.8 Å². The second-order valence-corrected chi connectivity index (χ2v) is 4.50. The molecule has 0 unspecified atom stereocenters. The van der Waals surface area contributed by atoms with Crippen LogP contribution >= 0.6 is 0 Å². The molecule has 1 aromatic carbocycles. The summed E-state index contributed by atoms with van der Waals surface area (Å²) in [6, 6.07) is 3.25. The largest absolute Gasteiger partial charge is 0.490 e. The predicted molar refractivity (Wildman–Crippen MR) is 55.7 cm³/mol. The molecule has 1 aromatic rings. The molecule has 0 aromatic heterocycles. The molecular weight excluding hydrogens is 250 g/mol. The lowest BCUT2D eigenvalue weighted by Crippen LogP contribution is -2.13. The van der Waals surface area contributed by atoms with Gasteiger partial charge in [0.1, 0.15) is 11.6 Å². The van der Waals surface area contributed by atoms with E-state index in [4.69, 9.17) is 10.4 Å². The second-order valence-electron chi connectivity index (χ2n) is 2.94. The van der Waals surface area contributed by atoms with Crippen molar-refractivity contribution in [3.63, 3.8) is 0 Å². The van der Waals surface area contributed by atoms with Gasteiger partial charge in [0.25, 0.3) is 0 Å². The Morgan fingerprint density at radius 2 is 2.12 bits per heavy atom. The summed E-state index contributed by atoms with van der Waals surface area (Å²) in [6.07, 6.45) is 0. The summed E-state index contributed by atoms with van der Waals surface area (Å²) < 4.78 is 26.9. The van der Waals surface area contributed by atoms with E-state index in [2.05, 4.69) is 4.74 Å². The van der Waals surface area contributed by atoms with E-state index >= 15 is 0 Å². The fraction of sp³-hybridized carbons (Fsp3) is 0.125. The van der Waals surface area contributed by atoms with Gasteiger partial charge in [-0.1, -0.05) is 0 Å². The summed E-state index contributed by atoms with van der Waals surface area (Å²) in [5.74, 6) is -0.335. The molecule has 0 aliphatic carbocycles. The van der Waals surface area contributed by atoms with E-state index in [-0.39, 0.29) is 5.75 Å². The number of rotatable bonds is 3. The van der Waals surface area contributed by atoms with Gasteiger partial charge < -0.3 is 4.74 Å². The van der Waals surface area contributed by atoms with Gasteiger partial charge in [-0.05, 0) is 6.07 Å². The zero-order valence-electron chi connectivity index (χ0n) is 8.58. The highest BCUT2D eigenvalue weighted by atomic mass is 32.2. The second kappa shape index (κ2) is 4.36. The molecule has 0 spiro atoms. The molecular formula is C8H7N3O5S. The molecule has 1 rings (SSSR count). The molecule has 0 fully saturated rings. The molecule has 9 heteroatoms. The first-order chi connectivity index (χ1) is 7.81. The van der Waals surface area contributed by atoms with Crippen LogP contribution in [0, 0.1) is 21.4 Å². The van der Waals surface area contributed by atoms with E-state index in [0.29, 0.717) is 0 Å². The van der Waals surface area contributed by atoms with Crippen LogP contribution in [0.2, 0.25) is 0 Å². The van der Waals surface area contributed by atoms with E-state index < -0.39 is 31.1 Å². The van der Waals surface area contributed by atoms with E-state index in [1.54, 1.807) is 0 Å². The molecule has 90 valence electrons. The fourth-order valence-corrected chi connectivity index (χ4v) is 1.73. The number of sulfonamides is 1. The van der Waals surface area contributed by atoms with Crippen LogP contribution in [0.5, 0.6) is 5.75 Å². The van der Waals surface area contributed by atoms with Gasteiger partial charge in [-0.25, -0.2) is 13.6 Å². The van der Waals surface area contributed by atoms with Gasteiger partial charge in [0.15, 0.2) is 5.75 Å². The molecule has 17 heavy (non-hydrogen) atoms. The maximum absolute atomic E-state index is 11.1. The van der Waals surface area contributed by atoms with Crippen molar-refractivity contribution in [1.82, 2.24) is 0 Å². The van der Waals surface area contributed by atoms with Crippen LogP contribution in [0.3, 0.4) is 0 Å². The summed E-state index contributed by atoms with van der Waals surface area (Å²) in [6.45, 7) is 0. The van der Waals surface area contributed by atoms with Crippen molar-refractivity contribution in [2.45, 2.75) is 4.90 Å². The minimum atomic E-state index is -4.06. The van der Waals surface area contributed by atoms with Gasteiger partial charge in [0.2, 0.25) is 10.0 Å². The Morgan fingerprint density at radius 1 is 1.53 bits per heavy atom. The summed E-state index contributed by atoms with van der Waals surface area (Å²) >= 11 is 0. The molecule has 0 amide bonds. The molecule has 0 atom stereocenters. The van der Waals surface area contributed by atoms with E-state index in [1.807, 2.05) is 0 Å². The summed E-state index contributed by atoms with van der Waals surface area (Å²) in [4.78, 5) is 9.47. The Morgan fingerprint density at radius 3 is 2.47 bits per heavy atom. The van der Waals surface area contributed by atoms with Gasteiger partial charge in [0.05, 0.1) is 16.9 Å². The Kier molecular flexibility index (Phi) is 3.31. The minimum absolute atomic E-state index is 0.335. The number of hydrogen-bond acceptors (Lipinski definition) is 6. The highest BCUT2D eigenvalue weighted by Crippen LogP contribution is 2.32. The highest BCUT2D eigenvalue weighted by molar-refractivity contribution is 7.89. The quantitative estimate of drug-likeness (QED) is 0.603. The predicted octanol–water partition coefficient (Wildman–Crippen LogP) is 0.122. The van der Waals surface area contributed by atoms with Gasteiger partial charge in [0, 0.05) is 6.07 Å². The lowest BCUT2D eigenvalue weighted by molar-refractivity contribution is -0.386. The third-order valence-electron chi connectivity index (χ3n) is 1.90. The number of primary sulfonamides is 1.